The fourth-order valence-electron chi connectivity index (χ4n) is 15.9. The zero-order chi connectivity index (χ0) is 64.4. The van der Waals surface area contributed by atoms with E-state index in [1.54, 1.807) is 0 Å². The van der Waals surface area contributed by atoms with Gasteiger partial charge in [-0.25, -0.2) is 9.97 Å². The van der Waals surface area contributed by atoms with Gasteiger partial charge < -0.3 is 9.80 Å². The molecule has 2 aliphatic heterocycles. The lowest BCUT2D eigenvalue weighted by molar-refractivity contribution is 0.444. The highest BCUT2D eigenvalue weighted by Gasteiger charge is 2.45. The predicted molar refractivity (Wildman–Crippen MR) is 403 cm³/mol. The minimum absolute atomic E-state index is 0.0226. The van der Waals surface area contributed by atoms with Crippen molar-refractivity contribution in [3.63, 3.8) is 0 Å². The molecule has 3 heterocycles. The van der Waals surface area contributed by atoms with Crippen molar-refractivity contribution in [2.45, 2.75) is 128 Å². The van der Waals surface area contributed by atoms with Gasteiger partial charge in [-0.05, 0) is 222 Å². The summed E-state index contributed by atoms with van der Waals surface area (Å²) >= 11 is 0. The largest absolute Gasteiger partial charge is 0.311 e. The van der Waals surface area contributed by atoms with Crippen LogP contribution in [0.15, 0.2) is 261 Å². The molecule has 0 N–H and O–H groups in total. The standard InChI is InChI=1S/C90H83BN4/c1-89(2,3)75-39-43-77(44-40-75)94-83-47-37-66(60-25-13-7-14-26-60)55-79(83)91-80-56-67(61-27-15-8-16-28-61)38-48-84(80)95(78-45-41-76(42-46-78)90(4,5)6)86-58-74(57-85(94)87(86)91)88-92-81(72-51-68(62-29-17-9-18-30-62)49-69(52-72)63-31-19-10-20-32-63)59-82(93-88)73-53-70(64-33-21-11-22-34-64)50-71(54-73)65-35-23-12-24-36-65/h9-12,17-24,29-61H,7-8,13-16,25-28H2,1-6H3. The summed E-state index contributed by atoms with van der Waals surface area (Å²) in [6, 6.07) is 98.6. The maximum absolute atomic E-state index is 5.93. The van der Waals surface area contributed by atoms with Crippen LogP contribution < -0.4 is 26.2 Å². The third-order valence-electron chi connectivity index (χ3n) is 21.1. The Labute approximate surface area is 563 Å². The number of fused-ring (bicyclic) bond motifs is 4. The molecule has 4 aliphatic rings. The fourth-order valence-corrected chi connectivity index (χ4v) is 15.9. The highest BCUT2D eigenvalue weighted by Crippen LogP contribution is 2.49. The molecule has 466 valence electrons. The molecule has 2 saturated carbocycles. The molecule has 11 aromatic carbocycles. The van der Waals surface area contributed by atoms with Gasteiger partial charge in [0, 0.05) is 50.8 Å². The van der Waals surface area contributed by atoms with Crippen LogP contribution >= 0.6 is 0 Å². The molecular weight excluding hydrogens is 1150 g/mol. The van der Waals surface area contributed by atoms with E-state index in [1.165, 1.54) is 114 Å². The molecule has 0 spiro atoms. The van der Waals surface area contributed by atoms with Gasteiger partial charge in [-0.2, -0.15) is 0 Å². The SMILES string of the molecule is CC(C)(C)c1ccc(N2c3ccc(C4CCCCC4)cc3B3c4cc(C5CCCCC5)ccc4N(c4ccc(C(C)(C)C)cc4)c4cc(-c5nc(-c6cc(-c7ccccc7)cc(-c7ccccc7)c6)cc(-c6cc(-c7ccccc7)cc(-c7ccccc7)c6)n5)cc2c43)cc1. The summed E-state index contributed by atoms with van der Waals surface area (Å²) in [5.74, 6) is 1.74. The second-order valence-electron chi connectivity index (χ2n) is 29.5. The zero-order valence-electron chi connectivity index (χ0n) is 55.9. The second kappa shape index (κ2) is 24.8. The van der Waals surface area contributed by atoms with Crippen molar-refractivity contribution in [2.24, 2.45) is 0 Å². The molecule has 12 aromatic rings. The third-order valence-corrected chi connectivity index (χ3v) is 21.1. The van der Waals surface area contributed by atoms with Crippen molar-refractivity contribution in [3.05, 3.63) is 283 Å². The van der Waals surface area contributed by atoms with Crippen LogP contribution in [0.1, 0.15) is 140 Å². The Bertz CT molecular complexity index is 4370. The zero-order valence-corrected chi connectivity index (χ0v) is 55.9. The Balaban J connectivity index is 1.00. The molecule has 2 aliphatic carbocycles. The van der Waals surface area contributed by atoms with Gasteiger partial charge in [0.2, 0.25) is 0 Å². The molecule has 0 atom stereocenters. The van der Waals surface area contributed by atoms with Crippen LogP contribution in [-0.4, -0.2) is 16.7 Å². The topological polar surface area (TPSA) is 32.3 Å². The normalized spacial score (nSPS) is 14.9. The van der Waals surface area contributed by atoms with Crippen LogP contribution in [-0.2, 0) is 10.8 Å². The molecule has 0 saturated heterocycles. The van der Waals surface area contributed by atoms with Gasteiger partial charge in [-0.1, -0.05) is 250 Å². The van der Waals surface area contributed by atoms with Crippen molar-refractivity contribution in [3.8, 4) is 78.4 Å². The van der Waals surface area contributed by atoms with E-state index in [1.807, 2.05) is 0 Å². The average Bonchev–Trinajstić information content (AvgIpc) is 0.696. The number of hydrogen-bond acceptors (Lipinski definition) is 4. The first kappa shape index (κ1) is 60.1. The summed E-state index contributed by atoms with van der Waals surface area (Å²) in [6.45, 7) is 13.9. The van der Waals surface area contributed by atoms with Crippen molar-refractivity contribution in [2.75, 3.05) is 9.80 Å². The predicted octanol–water partition coefficient (Wildman–Crippen LogP) is 22.9. The van der Waals surface area contributed by atoms with Crippen LogP contribution in [0.5, 0.6) is 0 Å². The Morgan fingerprint density at radius 1 is 0.305 bits per heavy atom. The summed E-state index contributed by atoms with van der Waals surface area (Å²) in [5.41, 5.74) is 30.5. The first-order valence-corrected chi connectivity index (χ1v) is 35.0. The molecule has 0 amide bonds. The summed E-state index contributed by atoms with van der Waals surface area (Å²) in [6.07, 6.45) is 12.7. The van der Waals surface area contributed by atoms with E-state index < -0.39 is 0 Å². The fraction of sp³-hybridized carbons (Fsp3) is 0.222. The lowest BCUT2D eigenvalue weighted by Crippen LogP contribution is -2.61. The summed E-state index contributed by atoms with van der Waals surface area (Å²) in [4.78, 5) is 17.1. The first-order chi connectivity index (χ1) is 46.3. The number of anilines is 6. The van der Waals surface area contributed by atoms with E-state index in [0.29, 0.717) is 17.7 Å². The summed E-state index contributed by atoms with van der Waals surface area (Å²) < 4.78 is 0. The molecule has 2 fully saturated rings. The minimum Gasteiger partial charge on any atom is -0.311 e. The molecule has 4 nitrogen and oxygen atoms in total. The van der Waals surface area contributed by atoms with Gasteiger partial charge in [-0.3, -0.25) is 0 Å². The van der Waals surface area contributed by atoms with E-state index in [-0.39, 0.29) is 17.5 Å². The van der Waals surface area contributed by atoms with Gasteiger partial charge in [0.05, 0.1) is 11.4 Å². The molecule has 16 rings (SSSR count). The maximum atomic E-state index is 5.93. The van der Waals surface area contributed by atoms with Crippen molar-refractivity contribution >= 4 is 57.2 Å². The lowest BCUT2D eigenvalue weighted by atomic mass is 9.33. The lowest BCUT2D eigenvalue weighted by Gasteiger charge is -2.45. The number of benzene rings is 11. The maximum Gasteiger partial charge on any atom is 0.252 e. The molecule has 1 aromatic heterocycles. The Hall–Kier alpha value is -9.84. The number of nitrogens with zero attached hydrogens (tertiary/aromatic N) is 4. The second-order valence-corrected chi connectivity index (χ2v) is 29.5. The van der Waals surface area contributed by atoms with Crippen molar-refractivity contribution in [1.82, 2.24) is 9.97 Å². The van der Waals surface area contributed by atoms with E-state index >= 15 is 0 Å². The Morgan fingerprint density at radius 3 is 0.979 bits per heavy atom. The van der Waals surface area contributed by atoms with Gasteiger partial charge in [0.1, 0.15) is 0 Å². The van der Waals surface area contributed by atoms with Crippen LogP contribution in [0, 0.1) is 0 Å². The van der Waals surface area contributed by atoms with Gasteiger partial charge >= 0.3 is 0 Å². The monoisotopic (exact) mass is 1230 g/mol. The first-order valence-electron chi connectivity index (χ1n) is 35.0. The molecule has 0 unspecified atom stereocenters. The Kier molecular flexibility index (Phi) is 15.7. The highest BCUT2D eigenvalue weighted by atomic mass is 15.2. The molecular formula is C90H83BN4. The van der Waals surface area contributed by atoms with Gasteiger partial charge in [0.25, 0.3) is 6.71 Å². The number of rotatable bonds is 11. The van der Waals surface area contributed by atoms with Gasteiger partial charge in [0.15, 0.2) is 5.82 Å². The molecule has 0 bridgehead atoms. The quantitative estimate of drug-likeness (QED) is 0.121. The highest BCUT2D eigenvalue weighted by molar-refractivity contribution is 7.00. The minimum atomic E-state index is -0.0431. The van der Waals surface area contributed by atoms with Crippen molar-refractivity contribution < 1.29 is 0 Å². The average molecular weight is 1230 g/mol. The molecule has 95 heavy (non-hydrogen) atoms. The van der Waals surface area contributed by atoms with E-state index in [2.05, 4.69) is 312 Å². The summed E-state index contributed by atoms with van der Waals surface area (Å²) in [5, 5.41) is 0. The van der Waals surface area contributed by atoms with Gasteiger partial charge in [-0.15, -0.1) is 0 Å². The third kappa shape index (κ3) is 11.7. The number of hydrogen-bond donors (Lipinski definition) is 0. The molecule has 0 radical (unpaired) electrons. The van der Waals surface area contributed by atoms with Crippen LogP contribution in [0.4, 0.5) is 34.1 Å². The van der Waals surface area contributed by atoms with Crippen LogP contribution in [0.3, 0.4) is 0 Å². The van der Waals surface area contributed by atoms with E-state index in [4.69, 9.17) is 9.97 Å². The van der Waals surface area contributed by atoms with E-state index in [9.17, 15) is 0 Å². The van der Waals surface area contributed by atoms with E-state index in [0.717, 1.165) is 95.3 Å². The van der Waals surface area contributed by atoms with Crippen LogP contribution in [0.2, 0.25) is 0 Å². The van der Waals surface area contributed by atoms with Crippen LogP contribution in [0.25, 0.3) is 78.4 Å². The summed E-state index contributed by atoms with van der Waals surface area (Å²) in [7, 11) is 0. The smallest absolute Gasteiger partial charge is 0.252 e. The number of aromatic nitrogens is 2. The molecule has 5 heteroatoms. The Morgan fingerprint density at radius 2 is 0.642 bits per heavy atom. The van der Waals surface area contributed by atoms with Crippen molar-refractivity contribution in [1.29, 1.82) is 0 Å².